The molecule has 0 bridgehead atoms. The lowest BCUT2D eigenvalue weighted by atomic mass is 9.89. The van der Waals surface area contributed by atoms with Crippen LogP contribution in [0.2, 0.25) is 0 Å². The van der Waals surface area contributed by atoms with Crippen molar-refractivity contribution in [2.75, 3.05) is 6.61 Å². The minimum absolute atomic E-state index is 0.283. The van der Waals surface area contributed by atoms with E-state index in [1.807, 2.05) is 20.8 Å². The van der Waals surface area contributed by atoms with E-state index in [9.17, 15) is 4.39 Å². The Labute approximate surface area is 108 Å². The summed E-state index contributed by atoms with van der Waals surface area (Å²) in [5.41, 5.74) is 0.700. The second-order valence-corrected chi connectivity index (χ2v) is 5.24. The highest BCUT2D eigenvalue weighted by Gasteiger charge is 2.15. The zero-order valence-electron chi connectivity index (χ0n) is 11.3. The molecule has 1 rings (SSSR count). The van der Waals surface area contributed by atoms with E-state index in [1.54, 1.807) is 12.1 Å². The number of nitriles is 1. The first-order valence-electron chi connectivity index (χ1n) is 6.25. The molecule has 0 heterocycles. The summed E-state index contributed by atoms with van der Waals surface area (Å²) >= 11 is 0. The highest BCUT2D eigenvalue weighted by Crippen LogP contribution is 2.22. The van der Waals surface area contributed by atoms with Crippen molar-refractivity contribution in [2.45, 2.75) is 40.0 Å². The Kier molecular flexibility index (Phi) is 5.15. The second-order valence-electron chi connectivity index (χ2n) is 5.24. The van der Waals surface area contributed by atoms with Gasteiger partial charge in [-0.25, -0.2) is 4.39 Å². The monoisotopic (exact) mass is 249 g/mol. The molecule has 0 N–H and O–H groups in total. The van der Waals surface area contributed by atoms with Gasteiger partial charge in [-0.05, 0) is 57.7 Å². The first-order valence-corrected chi connectivity index (χ1v) is 6.25. The summed E-state index contributed by atoms with van der Waals surface area (Å²) in [6.07, 6.45) is 2.58. The van der Waals surface area contributed by atoms with E-state index >= 15 is 0 Å². The van der Waals surface area contributed by atoms with Crippen LogP contribution in [0.4, 0.5) is 4.39 Å². The van der Waals surface area contributed by atoms with Crippen molar-refractivity contribution in [3.05, 3.63) is 29.6 Å². The van der Waals surface area contributed by atoms with E-state index in [0.717, 1.165) is 24.8 Å². The molecule has 1 aromatic rings. The fourth-order valence-electron chi connectivity index (χ4n) is 1.63. The highest BCUT2D eigenvalue weighted by molar-refractivity contribution is 5.29. The normalized spacial score (nSPS) is 11.1. The van der Waals surface area contributed by atoms with Crippen molar-refractivity contribution in [1.82, 2.24) is 0 Å². The van der Waals surface area contributed by atoms with E-state index < -0.39 is 0 Å². The van der Waals surface area contributed by atoms with Gasteiger partial charge in [-0.1, -0.05) is 6.07 Å². The molecule has 0 saturated carbocycles. The summed E-state index contributed by atoms with van der Waals surface area (Å²) in [7, 11) is 0. The summed E-state index contributed by atoms with van der Waals surface area (Å²) in [4.78, 5) is 0. The number of nitrogens with zero attached hydrogens (tertiary/aromatic N) is 1. The molecule has 0 aliphatic carbocycles. The minimum atomic E-state index is -0.321. The zero-order valence-corrected chi connectivity index (χ0v) is 11.3. The van der Waals surface area contributed by atoms with Crippen molar-refractivity contribution in [3.8, 4) is 11.8 Å². The third-order valence-electron chi connectivity index (χ3n) is 2.84. The number of ether oxygens (including phenoxy) is 1. The molecule has 98 valence electrons. The van der Waals surface area contributed by atoms with Crippen LogP contribution in [0, 0.1) is 29.5 Å². The largest absolute Gasteiger partial charge is 0.491 e. The number of halogens is 1. The molecule has 0 spiro atoms. The molecule has 0 saturated heterocycles. The molecule has 0 fully saturated rings. The third kappa shape index (κ3) is 4.75. The number of rotatable bonds is 6. The maximum absolute atomic E-state index is 13.4. The summed E-state index contributed by atoms with van der Waals surface area (Å²) < 4.78 is 18.8. The Morgan fingerprint density at radius 2 is 2.06 bits per heavy atom. The van der Waals surface area contributed by atoms with E-state index in [-0.39, 0.29) is 11.2 Å². The van der Waals surface area contributed by atoms with Gasteiger partial charge in [-0.2, -0.15) is 5.26 Å². The Morgan fingerprint density at radius 1 is 1.33 bits per heavy atom. The van der Waals surface area contributed by atoms with Crippen LogP contribution in [-0.4, -0.2) is 6.61 Å². The number of unbranched alkanes of at least 4 members (excludes halogenated alkanes) is 1. The van der Waals surface area contributed by atoms with E-state index in [2.05, 4.69) is 6.07 Å². The lowest BCUT2D eigenvalue weighted by Crippen LogP contribution is -2.08. The SMILES string of the molecule is Cc1ccc(F)c(OCCCCC(C)(C)C#N)c1. The number of hydrogen-bond acceptors (Lipinski definition) is 2. The lowest BCUT2D eigenvalue weighted by Gasteiger charge is -2.14. The van der Waals surface area contributed by atoms with Gasteiger partial charge < -0.3 is 4.74 Å². The Balaban J connectivity index is 2.30. The Bertz CT molecular complexity index is 435. The van der Waals surface area contributed by atoms with E-state index in [0.29, 0.717) is 12.4 Å². The van der Waals surface area contributed by atoms with E-state index in [4.69, 9.17) is 10.00 Å². The van der Waals surface area contributed by atoms with Crippen LogP contribution in [0.25, 0.3) is 0 Å². The molecule has 18 heavy (non-hydrogen) atoms. The van der Waals surface area contributed by atoms with Crippen molar-refractivity contribution < 1.29 is 9.13 Å². The number of aryl methyl sites for hydroxylation is 1. The average Bonchev–Trinajstić information content (AvgIpc) is 2.33. The van der Waals surface area contributed by atoms with Crippen LogP contribution < -0.4 is 4.74 Å². The Hall–Kier alpha value is -1.56. The van der Waals surface area contributed by atoms with Crippen molar-refractivity contribution in [3.63, 3.8) is 0 Å². The van der Waals surface area contributed by atoms with Crippen molar-refractivity contribution in [2.24, 2.45) is 5.41 Å². The van der Waals surface area contributed by atoms with Gasteiger partial charge in [0.05, 0.1) is 18.1 Å². The maximum atomic E-state index is 13.4. The van der Waals surface area contributed by atoms with Crippen molar-refractivity contribution in [1.29, 1.82) is 5.26 Å². The quantitative estimate of drug-likeness (QED) is 0.707. The molecule has 0 unspecified atom stereocenters. The predicted molar refractivity (Wildman–Crippen MR) is 69.9 cm³/mol. The van der Waals surface area contributed by atoms with E-state index in [1.165, 1.54) is 6.07 Å². The number of hydrogen-bond donors (Lipinski definition) is 0. The van der Waals surface area contributed by atoms with Gasteiger partial charge in [0.1, 0.15) is 0 Å². The molecule has 1 aromatic carbocycles. The van der Waals surface area contributed by atoms with Gasteiger partial charge in [0.15, 0.2) is 11.6 Å². The molecule has 0 atom stereocenters. The fourth-order valence-corrected chi connectivity index (χ4v) is 1.63. The first-order chi connectivity index (χ1) is 8.44. The van der Waals surface area contributed by atoms with Gasteiger partial charge in [0.25, 0.3) is 0 Å². The summed E-state index contributed by atoms with van der Waals surface area (Å²) in [6, 6.07) is 7.11. The van der Waals surface area contributed by atoms with Gasteiger partial charge in [-0.3, -0.25) is 0 Å². The van der Waals surface area contributed by atoms with Crippen LogP contribution in [0.5, 0.6) is 5.75 Å². The zero-order chi connectivity index (χ0) is 13.6. The van der Waals surface area contributed by atoms with Crippen LogP contribution >= 0.6 is 0 Å². The van der Waals surface area contributed by atoms with Gasteiger partial charge in [0, 0.05) is 0 Å². The smallest absolute Gasteiger partial charge is 0.165 e. The van der Waals surface area contributed by atoms with Crippen LogP contribution in [0.15, 0.2) is 18.2 Å². The van der Waals surface area contributed by atoms with Crippen LogP contribution in [0.3, 0.4) is 0 Å². The molecule has 0 aromatic heterocycles. The first kappa shape index (κ1) is 14.5. The second kappa shape index (κ2) is 6.39. The molecule has 0 aliphatic rings. The maximum Gasteiger partial charge on any atom is 0.165 e. The molecule has 3 heteroatoms. The standard InChI is InChI=1S/C15H20FNO/c1-12-6-7-13(16)14(10-12)18-9-5-4-8-15(2,3)11-17/h6-7,10H,4-5,8-9H2,1-3H3. The topological polar surface area (TPSA) is 33.0 Å². The van der Waals surface area contributed by atoms with Crippen molar-refractivity contribution >= 4 is 0 Å². The molecule has 0 radical (unpaired) electrons. The predicted octanol–water partition coefficient (Wildman–Crippen LogP) is 4.23. The molecular formula is C15H20FNO. The fraction of sp³-hybridized carbons (Fsp3) is 0.533. The van der Waals surface area contributed by atoms with Gasteiger partial charge in [-0.15, -0.1) is 0 Å². The summed E-state index contributed by atoms with van der Waals surface area (Å²) in [6.45, 7) is 6.24. The van der Waals surface area contributed by atoms with Crippen LogP contribution in [-0.2, 0) is 0 Å². The molecule has 0 amide bonds. The number of benzene rings is 1. The summed E-state index contributed by atoms with van der Waals surface area (Å²) in [5, 5.41) is 8.86. The van der Waals surface area contributed by atoms with Crippen LogP contribution in [0.1, 0.15) is 38.7 Å². The Morgan fingerprint density at radius 3 is 2.72 bits per heavy atom. The van der Waals surface area contributed by atoms with Gasteiger partial charge >= 0.3 is 0 Å². The lowest BCUT2D eigenvalue weighted by molar-refractivity contribution is 0.282. The minimum Gasteiger partial charge on any atom is -0.491 e. The highest BCUT2D eigenvalue weighted by atomic mass is 19.1. The molecule has 2 nitrogen and oxygen atoms in total. The molecular weight excluding hydrogens is 229 g/mol. The molecule has 0 aliphatic heterocycles. The third-order valence-corrected chi connectivity index (χ3v) is 2.84. The summed E-state index contributed by atoms with van der Waals surface area (Å²) in [5.74, 6) is -0.00695. The van der Waals surface area contributed by atoms with Gasteiger partial charge in [0.2, 0.25) is 0 Å². The average molecular weight is 249 g/mol.